The van der Waals surface area contributed by atoms with E-state index < -0.39 is 7.75 Å². The first-order valence-corrected chi connectivity index (χ1v) is 4.88. The van der Waals surface area contributed by atoms with Crippen LogP contribution in [0.5, 0.6) is 0 Å². The average molecular weight is 163 g/mol. The highest BCUT2D eigenvalue weighted by Crippen LogP contribution is 2.32. The van der Waals surface area contributed by atoms with Crippen LogP contribution in [0.25, 0.3) is 0 Å². The van der Waals surface area contributed by atoms with Crippen LogP contribution < -0.4 is 9.79 Å². The van der Waals surface area contributed by atoms with Gasteiger partial charge in [-0.3, -0.25) is 4.67 Å². The maximum Gasteiger partial charge on any atom is 0.00271 e. The molecule has 5 heteroatoms. The molecule has 0 amide bonds. The Kier molecular flexibility index (Phi) is 2.47. The molecule has 1 aliphatic rings. The Morgan fingerprint density at radius 2 is 1.60 bits per heavy atom. The Bertz CT molecular complexity index is 149. The molecule has 0 N–H and O–H groups in total. The second kappa shape index (κ2) is 3.01. The molecule has 0 saturated carbocycles. The van der Waals surface area contributed by atoms with E-state index in [0.717, 1.165) is 23.9 Å². The number of piperidine rings is 1. The Morgan fingerprint density at radius 3 is 1.90 bits per heavy atom. The third-order valence-electron chi connectivity index (χ3n) is 1.68. The molecule has 1 heterocycles. The van der Waals surface area contributed by atoms with Crippen LogP contribution in [0.15, 0.2) is 0 Å². The SMILES string of the molecule is O=P([O-])([O-])N1CCCCC1. The molecule has 1 fully saturated rings. The zero-order valence-electron chi connectivity index (χ0n) is 5.65. The molecule has 60 valence electrons. The summed E-state index contributed by atoms with van der Waals surface area (Å²) in [4.78, 5) is 20.8. The molecule has 1 aliphatic heterocycles. The molecule has 0 aromatic heterocycles. The van der Waals surface area contributed by atoms with Crippen molar-refractivity contribution in [1.82, 2.24) is 4.67 Å². The van der Waals surface area contributed by atoms with E-state index in [0.29, 0.717) is 13.1 Å². The second-order valence-corrected chi connectivity index (χ2v) is 3.99. The van der Waals surface area contributed by atoms with Gasteiger partial charge in [0, 0.05) is 20.8 Å². The molecule has 1 rings (SSSR count). The lowest BCUT2D eigenvalue weighted by Crippen LogP contribution is -2.36. The topological polar surface area (TPSA) is 66.4 Å². The summed E-state index contributed by atoms with van der Waals surface area (Å²) in [5, 5.41) is 0. The number of nitrogens with zero attached hydrogens (tertiary/aromatic N) is 1. The van der Waals surface area contributed by atoms with E-state index in [2.05, 4.69) is 0 Å². The van der Waals surface area contributed by atoms with Crippen LogP contribution in [0.2, 0.25) is 0 Å². The molecule has 0 unspecified atom stereocenters. The normalized spacial score (nSPS) is 23.0. The van der Waals surface area contributed by atoms with Crippen molar-refractivity contribution in [3.63, 3.8) is 0 Å². The molecule has 0 aliphatic carbocycles. The molecule has 1 saturated heterocycles. The van der Waals surface area contributed by atoms with Gasteiger partial charge in [0.2, 0.25) is 0 Å². The lowest BCUT2D eigenvalue weighted by atomic mass is 10.2. The van der Waals surface area contributed by atoms with E-state index >= 15 is 0 Å². The summed E-state index contributed by atoms with van der Waals surface area (Å²) < 4.78 is 11.4. The smallest absolute Gasteiger partial charge is 0.00271 e. The molecule has 0 spiro atoms. The van der Waals surface area contributed by atoms with Crippen LogP contribution in [0.1, 0.15) is 19.3 Å². The molecular weight excluding hydrogens is 153 g/mol. The summed E-state index contributed by atoms with van der Waals surface area (Å²) in [5.41, 5.74) is 0. The summed E-state index contributed by atoms with van der Waals surface area (Å²) >= 11 is 0. The maximum absolute atomic E-state index is 10.4. The minimum Gasteiger partial charge on any atom is -0.799 e. The third-order valence-corrected chi connectivity index (χ3v) is 2.77. The van der Waals surface area contributed by atoms with Gasteiger partial charge in [0.15, 0.2) is 0 Å². The molecule has 0 radical (unpaired) electrons. The molecule has 0 aromatic rings. The summed E-state index contributed by atoms with van der Waals surface area (Å²) in [6.45, 7) is 0.842. The molecule has 10 heavy (non-hydrogen) atoms. The zero-order chi connectivity index (χ0) is 7.61. The van der Waals surface area contributed by atoms with Gasteiger partial charge in [-0.25, -0.2) is 0 Å². The second-order valence-electron chi connectivity index (χ2n) is 2.48. The molecule has 4 nitrogen and oxygen atoms in total. The van der Waals surface area contributed by atoms with Gasteiger partial charge in [-0.1, -0.05) is 6.42 Å². The van der Waals surface area contributed by atoms with Crippen LogP contribution in [-0.4, -0.2) is 17.8 Å². The summed E-state index contributed by atoms with van der Waals surface area (Å²) in [6.07, 6.45) is 2.69. The van der Waals surface area contributed by atoms with E-state index in [1.54, 1.807) is 0 Å². The number of hydrogen-bond donors (Lipinski definition) is 0. The lowest BCUT2D eigenvalue weighted by molar-refractivity contribution is -0.329. The van der Waals surface area contributed by atoms with Gasteiger partial charge in [-0.05, 0) is 12.8 Å². The van der Waals surface area contributed by atoms with Crippen molar-refractivity contribution >= 4 is 7.75 Å². The summed E-state index contributed by atoms with van der Waals surface area (Å²) in [6, 6.07) is 0. The highest BCUT2D eigenvalue weighted by atomic mass is 31.2. The average Bonchev–Trinajstić information content (AvgIpc) is 1.88. The highest BCUT2D eigenvalue weighted by Gasteiger charge is 2.11. The third kappa shape index (κ3) is 2.06. The molecular formula is C5H10NO3P-2. The fourth-order valence-corrected chi connectivity index (χ4v) is 1.89. The Morgan fingerprint density at radius 1 is 1.10 bits per heavy atom. The minimum atomic E-state index is -4.41. The fourth-order valence-electron chi connectivity index (χ4n) is 1.12. The monoisotopic (exact) mass is 163 g/mol. The molecule has 0 bridgehead atoms. The van der Waals surface area contributed by atoms with Gasteiger partial charge < -0.3 is 14.4 Å². The molecule has 0 aromatic carbocycles. The number of hydrogen-bond acceptors (Lipinski definition) is 3. The van der Waals surface area contributed by atoms with E-state index in [9.17, 15) is 14.4 Å². The van der Waals surface area contributed by atoms with Crippen molar-refractivity contribution in [3.05, 3.63) is 0 Å². The van der Waals surface area contributed by atoms with Crippen molar-refractivity contribution in [2.24, 2.45) is 0 Å². The van der Waals surface area contributed by atoms with Gasteiger partial charge in [0.1, 0.15) is 0 Å². The first-order valence-electron chi connectivity index (χ1n) is 3.38. The fraction of sp³-hybridized carbons (Fsp3) is 1.00. The first kappa shape index (κ1) is 8.21. The van der Waals surface area contributed by atoms with Crippen molar-refractivity contribution in [1.29, 1.82) is 0 Å². The van der Waals surface area contributed by atoms with Crippen molar-refractivity contribution in [2.75, 3.05) is 13.1 Å². The standard InChI is InChI=1S/C5H12NO3P/c7-10(8,9)6-4-2-1-3-5-6/h1-5H2,(H2,7,8,9)/p-2. The van der Waals surface area contributed by atoms with Crippen LogP contribution in [0.4, 0.5) is 0 Å². The number of rotatable bonds is 1. The van der Waals surface area contributed by atoms with E-state index in [1.165, 1.54) is 0 Å². The lowest BCUT2D eigenvalue weighted by Gasteiger charge is -2.43. The van der Waals surface area contributed by atoms with Crippen LogP contribution in [0, 0.1) is 0 Å². The first-order chi connectivity index (χ1) is 4.61. The zero-order valence-corrected chi connectivity index (χ0v) is 6.55. The van der Waals surface area contributed by atoms with Gasteiger partial charge in [0.25, 0.3) is 0 Å². The summed E-state index contributed by atoms with van der Waals surface area (Å²) in [7, 11) is -4.41. The van der Waals surface area contributed by atoms with E-state index in [-0.39, 0.29) is 0 Å². The predicted molar refractivity (Wildman–Crippen MR) is 33.0 cm³/mol. The van der Waals surface area contributed by atoms with Gasteiger partial charge in [0.05, 0.1) is 0 Å². The largest absolute Gasteiger partial charge is 0.799 e. The summed E-state index contributed by atoms with van der Waals surface area (Å²) in [5.74, 6) is 0. The maximum atomic E-state index is 10.4. The van der Waals surface area contributed by atoms with Crippen LogP contribution >= 0.6 is 7.75 Å². The van der Waals surface area contributed by atoms with Gasteiger partial charge in [-0.2, -0.15) is 0 Å². The Balaban J connectivity index is 2.47. The van der Waals surface area contributed by atoms with Crippen molar-refractivity contribution < 1.29 is 14.4 Å². The molecule has 0 atom stereocenters. The van der Waals surface area contributed by atoms with Gasteiger partial charge >= 0.3 is 0 Å². The van der Waals surface area contributed by atoms with Crippen LogP contribution in [0.3, 0.4) is 0 Å². The van der Waals surface area contributed by atoms with E-state index in [1.807, 2.05) is 0 Å². The predicted octanol–water partition coefficient (Wildman–Crippen LogP) is -0.699. The highest BCUT2D eigenvalue weighted by molar-refractivity contribution is 7.46. The Labute approximate surface area is 60.1 Å². The van der Waals surface area contributed by atoms with Crippen molar-refractivity contribution in [2.45, 2.75) is 19.3 Å². The Hall–Kier alpha value is 0.110. The van der Waals surface area contributed by atoms with Crippen molar-refractivity contribution in [3.8, 4) is 0 Å². The van der Waals surface area contributed by atoms with E-state index in [4.69, 9.17) is 0 Å². The minimum absolute atomic E-state index is 0.421. The van der Waals surface area contributed by atoms with Crippen LogP contribution in [-0.2, 0) is 4.57 Å². The van der Waals surface area contributed by atoms with Gasteiger partial charge in [-0.15, -0.1) is 0 Å². The quantitative estimate of drug-likeness (QED) is 0.479.